The second-order valence-corrected chi connectivity index (χ2v) is 9.52. The van der Waals surface area contributed by atoms with Gasteiger partial charge in [-0.05, 0) is 61.2 Å². The Kier molecular flexibility index (Phi) is 7.63. The molecular weight excluding hydrogens is 454 g/mol. The summed E-state index contributed by atoms with van der Waals surface area (Å²) in [6.45, 7) is 1.94. The maximum atomic E-state index is 13.8. The monoisotopic (exact) mass is 480 g/mol. The molecule has 1 fully saturated rings. The number of carbonyl (C=O) groups is 2. The Balaban J connectivity index is 1.52. The average molecular weight is 481 g/mol. The van der Waals surface area contributed by atoms with Gasteiger partial charge in [-0.15, -0.1) is 11.8 Å². The predicted molar refractivity (Wildman–Crippen MR) is 130 cm³/mol. The Hall–Kier alpha value is -3.19. The number of carbonyl (C=O) groups excluding carboxylic acids is 2. The largest absolute Gasteiger partial charge is 0.352 e. The van der Waals surface area contributed by atoms with Crippen LogP contribution >= 0.6 is 11.8 Å². The van der Waals surface area contributed by atoms with Gasteiger partial charge in [0.2, 0.25) is 5.91 Å². The lowest BCUT2D eigenvalue weighted by molar-refractivity contribution is -0.125. The van der Waals surface area contributed by atoms with Crippen molar-refractivity contribution in [2.24, 2.45) is 0 Å². The van der Waals surface area contributed by atoms with Gasteiger partial charge in [0.05, 0.1) is 0 Å². The molecule has 3 atom stereocenters. The number of hydrogen-bond donors (Lipinski definition) is 1. The first-order chi connectivity index (χ1) is 16.4. The molecule has 3 aromatic carbocycles. The SMILES string of the molecule is CC(CCc1ccccc1)NC(=O)C1CSC(c2ccc(F)cc2)N1C(=O)c1cccc(F)c1. The lowest BCUT2D eigenvalue weighted by Gasteiger charge is -2.30. The third-order valence-corrected chi connectivity index (χ3v) is 7.19. The fourth-order valence-corrected chi connectivity index (χ4v) is 5.48. The maximum Gasteiger partial charge on any atom is 0.255 e. The summed E-state index contributed by atoms with van der Waals surface area (Å²) in [6.07, 6.45) is 1.58. The molecule has 0 bridgehead atoms. The van der Waals surface area contributed by atoms with Crippen molar-refractivity contribution in [1.29, 1.82) is 0 Å². The first-order valence-corrected chi connectivity index (χ1v) is 12.3. The molecule has 0 aliphatic carbocycles. The quantitative estimate of drug-likeness (QED) is 0.495. The van der Waals surface area contributed by atoms with Crippen LogP contribution in [-0.4, -0.2) is 34.6 Å². The van der Waals surface area contributed by atoms with Gasteiger partial charge in [-0.2, -0.15) is 0 Å². The number of nitrogens with one attached hydrogen (secondary N) is 1. The molecule has 2 amide bonds. The Bertz CT molecular complexity index is 1140. The molecule has 1 N–H and O–H groups in total. The van der Waals surface area contributed by atoms with Gasteiger partial charge < -0.3 is 10.2 Å². The molecule has 4 rings (SSSR count). The van der Waals surface area contributed by atoms with Crippen molar-refractivity contribution >= 4 is 23.6 Å². The molecule has 0 aromatic heterocycles. The lowest BCUT2D eigenvalue weighted by atomic mass is 10.1. The molecule has 3 unspecified atom stereocenters. The van der Waals surface area contributed by atoms with Crippen LogP contribution in [0, 0.1) is 11.6 Å². The molecule has 0 saturated carbocycles. The Morgan fingerprint density at radius 1 is 1.00 bits per heavy atom. The van der Waals surface area contributed by atoms with Crippen LogP contribution in [0.5, 0.6) is 0 Å². The van der Waals surface area contributed by atoms with E-state index in [1.54, 1.807) is 12.1 Å². The molecule has 0 radical (unpaired) electrons. The Morgan fingerprint density at radius 3 is 2.44 bits per heavy atom. The van der Waals surface area contributed by atoms with E-state index < -0.39 is 23.1 Å². The van der Waals surface area contributed by atoms with Crippen LogP contribution in [0.25, 0.3) is 0 Å². The van der Waals surface area contributed by atoms with Crippen LogP contribution in [0.3, 0.4) is 0 Å². The molecule has 7 heteroatoms. The lowest BCUT2D eigenvalue weighted by Crippen LogP contribution is -2.50. The molecular formula is C27H26F2N2O2S. The van der Waals surface area contributed by atoms with Crippen LogP contribution in [-0.2, 0) is 11.2 Å². The highest BCUT2D eigenvalue weighted by atomic mass is 32.2. The molecule has 4 nitrogen and oxygen atoms in total. The molecule has 1 aliphatic rings. The van der Waals surface area contributed by atoms with Crippen molar-refractivity contribution in [1.82, 2.24) is 10.2 Å². The van der Waals surface area contributed by atoms with Gasteiger partial charge in [0.25, 0.3) is 5.91 Å². The second kappa shape index (κ2) is 10.8. The summed E-state index contributed by atoms with van der Waals surface area (Å²) in [5.41, 5.74) is 2.08. The number of aryl methyl sites for hydroxylation is 1. The van der Waals surface area contributed by atoms with E-state index in [0.29, 0.717) is 11.3 Å². The van der Waals surface area contributed by atoms with E-state index in [1.165, 1.54) is 58.6 Å². The smallest absolute Gasteiger partial charge is 0.255 e. The molecule has 3 aromatic rings. The van der Waals surface area contributed by atoms with Crippen molar-refractivity contribution in [2.75, 3.05) is 5.75 Å². The minimum atomic E-state index is -0.727. The highest BCUT2D eigenvalue weighted by Crippen LogP contribution is 2.42. The number of halogens is 2. The summed E-state index contributed by atoms with van der Waals surface area (Å²) in [5.74, 6) is -1.19. The van der Waals surface area contributed by atoms with Crippen LogP contribution in [0.4, 0.5) is 8.78 Å². The van der Waals surface area contributed by atoms with E-state index >= 15 is 0 Å². The van der Waals surface area contributed by atoms with Gasteiger partial charge in [0.1, 0.15) is 23.1 Å². The summed E-state index contributed by atoms with van der Waals surface area (Å²) in [6, 6.07) is 20.6. The van der Waals surface area contributed by atoms with Crippen LogP contribution in [0.2, 0.25) is 0 Å². The fourth-order valence-electron chi connectivity index (χ4n) is 4.05. The zero-order valence-electron chi connectivity index (χ0n) is 18.8. The van der Waals surface area contributed by atoms with Gasteiger partial charge >= 0.3 is 0 Å². The summed E-state index contributed by atoms with van der Waals surface area (Å²) >= 11 is 1.44. The van der Waals surface area contributed by atoms with E-state index in [0.717, 1.165) is 12.8 Å². The van der Waals surface area contributed by atoms with Crippen LogP contribution < -0.4 is 5.32 Å². The Morgan fingerprint density at radius 2 is 1.74 bits per heavy atom. The minimum Gasteiger partial charge on any atom is -0.352 e. The molecule has 34 heavy (non-hydrogen) atoms. The number of nitrogens with zero attached hydrogens (tertiary/aromatic N) is 1. The van der Waals surface area contributed by atoms with Gasteiger partial charge in [-0.25, -0.2) is 8.78 Å². The molecule has 1 aliphatic heterocycles. The van der Waals surface area contributed by atoms with E-state index in [2.05, 4.69) is 17.4 Å². The minimum absolute atomic E-state index is 0.0892. The fraction of sp³-hybridized carbons (Fsp3) is 0.259. The van der Waals surface area contributed by atoms with E-state index in [4.69, 9.17) is 0 Å². The standard InChI is InChI=1S/C27H26F2N2O2S/c1-18(10-11-19-6-3-2-4-7-19)30-25(32)24-17-34-27(20-12-14-22(28)15-13-20)31(24)26(33)21-8-5-9-23(29)16-21/h2-9,12-16,18,24,27H,10-11,17H2,1H3,(H,30,32). The van der Waals surface area contributed by atoms with Gasteiger partial charge in [-0.3, -0.25) is 9.59 Å². The molecule has 1 saturated heterocycles. The zero-order valence-corrected chi connectivity index (χ0v) is 19.6. The summed E-state index contributed by atoms with van der Waals surface area (Å²) < 4.78 is 27.3. The zero-order chi connectivity index (χ0) is 24.1. The third kappa shape index (κ3) is 5.65. The average Bonchev–Trinajstić information content (AvgIpc) is 3.29. The summed E-state index contributed by atoms with van der Waals surface area (Å²) in [7, 11) is 0. The van der Waals surface area contributed by atoms with Crippen molar-refractivity contribution in [2.45, 2.75) is 37.2 Å². The van der Waals surface area contributed by atoms with E-state index in [-0.39, 0.29) is 23.3 Å². The van der Waals surface area contributed by atoms with E-state index in [9.17, 15) is 18.4 Å². The second-order valence-electron chi connectivity index (χ2n) is 8.41. The first kappa shape index (κ1) is 24.0. The number of benzene rings is 3. The van der Waals surface area contributed by atoms with Gasteiger partial charge in [-0.1, -0.05) is 48.5 Å². The maximum absolute atomic E-state index is 13.8. The highest BCUT2D eigenvalue weighted by Gasteiger charge is 2.42. The number of thioether (sulfide) groups is 1. The van der Waals surface area contributed by atoms with Gasteiger partial charge in [0.15, 0.2) is 0 Å². The predicted octanol–water partition coefficient (Wildman–Crippen LogP) is 5.36. The third-order valence-electron chi connectivity index (χ3n) is 5.86. The van der Waals surface area contributed by atoms with Crippen molar-refractivity contribution < 1.29 is 18.4 Å². The summed E-state index contributed by atoms with van der Waals surface area (Å²) in [5, 5.41) is 2.56. The normalized spacial score (nSPS) is 18.5. The molecule has 176 valence electrons. The number of rotatable bonds is 7. The highest BCUT2D eigenvalue weighted by molar-refractivity contribution is 7.99. The van der Waals surface area contributed by atoms with Crippen molar-refractivity contribution in [3.05, 3.63) is 107 Å². The van der Waals surface area contributed by atoms with E-state index in [1.807, 2.05) is 25.1 Å². The number of amides is 2. The summed E-state index contributed by atoms with van der Waals surface area (Å²) in [4.78, 5) is 28.2. The first-order valence-electron chi connectivity index (χ1n) is 11.2. The topological polar surface area (TPSA) is 49.4 Å². The molecule has 1 heterocycles. The Labute approximate surface area is 202 Å². The van der Waals surface area contributed by atoms with Crippen LogP contribution in [0.1, 0.15) is 40.2 Å². The molecule has 0 spiro atoms. The van der Waals surface area contributed by atoms with Gasteiger partial charge in [0, 0.05) is 17.4 Å². The number of hydrogen-bond acceptors (Lipinski definition) is 3. The van der Waals surface area contributed by atoms with Crippen molar-refractivity contribution in [3.63, 3.8) is 0 Å². The van der Waals surface area contributed by atoms with Crippen molar-refractivity contribution in [3.8, 4) is 0 Å². The van der Waals surface area contributed by atoms with Crippen LogP contribution in [0.15, 0.2) is 78.9 Å².